The number of nitrogens with zero attached hydrogens (tertiary/aromatic N) is 3. The SMILES string of the molecule is Cc1cc2c(cc1N1c3ccc(C(C)(C)C)cc3B3c4sc5cc6c(cc5c4N(c4ccc5c(c4)C(C)(C)CCC5(C)C)c4cc(N(c5ccccc5)c5ccc7c(c5)oc5ccccc57)cc1c43)C(C)(C)CCC6(C)C)C(C)(C)CCC2(C)C. The van der Waals surface area contributed by atoms with E-state index in [0.717, 1.165) is 58.3 Å². The minimum atomic E-state index is -0.0785. The molecule has 2 aliphatic heterocycles. The van der Waals surface area contributed by atoms with Crippen LogP contribution < -0.4 is 30.4 Å². The van der Waals surface area contributed by atoms with Gasteiger partial charge in [-0.15, -0.1) is 11.3 Å². The molecule has 15 rings (SSSR count). The molecule has 0 saturated carbocycles. The molecule has 0 atom stereocenters. The first-order valence-electron chi connectivity index (χ1n) is 31.7. The van der Waals surface area contributed by atoms with E-state index in [4.69, 9.17) is 4.42 Å². The molecule has 0 amide bonds. The molecule has 2 aromatic heterocycles. The summed E-state index contributed by atoms with van der Waals surface area (Å²) >= 11 is 2.06. The van der Waals surface area contributed by atoms with Crippen molar-refractivity contribution in [3.63, 3.8) is 0 Å². The number of fused-ring (bicyclic) bond motifs is 12. The van der Waals surface area contributed by atoms with Gasteiger partial charge in [0.05, 0.1) is 11.4 Å². The molecular weight excluding hydrogens is 1050 g/mol. The van der Waals surface area contributed by atoms with Gasteiger partial charge < -0.3 is 19.1 Å². The van der Waals surface area contributed by atoms with Crippen LogP contribution in [0, 0.1) is 6.92 Å². The summed E-state index contributed by atoms with van der Waals surface area (Å²) in [7, 11) is 0. The van der Waals surface area contributed by atoms with Crippen LogP contribution in [-0.4, -0.2) is 6.71 Å². The van der Waals surface area contributed by atoms with Gasteiger partial charge in [-0.3, -0.25) is 0 Å². The van der Waals surface area contributed by atoms with E-state index in [9.17, 15) is 0 Å². The molecule has 8 aromatic carbocycles. The number of benzene rings is 8. The molecule has 0 unspecified atom stereocenters. The lowest BCUT2D eigenvalue weighted by Gasteiger charge is -2.47. The van der Waals surface area contributed by atoms with Crippen molar-refractivity contribution in [1.82, 2.24) is 0 Å². The number of hydrogen-bond acceptors (Lipinski definition) is 5. The van der Waals surface area contributed by atoms with Crippen LogP contribution in [0.3, 0.4) is 0 Å². The van der Waals surface area contributed by atoms with Crippen molar-refractivity contribution in [2.75, 3.05) is 14.7 Å². The summed E-state index contributed by atoms with van der Waals surface area (Å²) in [6.07, 6.45) is 6.96. The topological polar surface area (TPSA) is 22.9 Å². The van der Waals surface area contributed by atoms with Gasteiger partial charge in [-0.25, -0.2) is 0 Å². The molecule has 4 nitrogen and oxygen atoms in total. The molecule has 0 radical (unpaired) electrons. The summed E-state index contributed by atoms with van der Waals surface area (Å²) in [6, 6.07) is 57.3. The maximum absolute atomic E-state index is 6.76. The molecule has 3 aliphatic carbocycles. The van der Waals surface area contributed by atoms with Crippen molar-refractivity contribution in [2.45, 2.75) is 187 Å². The molecule has 10 aromatic rings. The molecule has 0 fully saturated rings. The van der Waals surface area contributed by atoms with Crippen LogP contribution in [0.4, 0.5) is 51.2 Å². The van der Waals surface area contributed by atoms with E-state index in [1.54, 1.807) is 0 Å². The first-order valence-corrected chi connectivity index (χ1v) is 32.5. The summed E-state index contributed by atoms with van der Waals surface area (Å²) in [6.45, 7) is 39.3. The third-order valence-electron chi connectivity index (χ3n) is 21.9. The first-order chi connectivity index (χ1) is 40.1. The van der Waals surface area contributed by atoms with Gasteiger partial charge in [0.1, 0.15) is 11.2 Å². The van der Waals surface area contributed by atoms with Gasteiger partial charge in [0.25, 0.3) is 6.71 Å². The Morgan fingerprint density at radius 3 is 1.67 bits per heavy atom. The number of aryl methyl sites for hydroxylation is 1. The van der Waals surface area contributed by atoms with Gasteiger partial charge in [-0.1, -0.05) is 165 Å². The third kappa shape index (κ3) is 8.18. The highest BCUT2D eigenvalue weighted by Crippen LogP contribution is 2.57. The Labute approximate surface area is 510 Å². The summed E-state index contributed by atoms with van der Waals surface area (Å²) in [5.74, 6) is 0. The van der Waals surface area contributed by atoms with Crippen LogP contribution in [-0.2, 0) is 37.9 Å². The molecule has 6 heteroatoms. The average Bonchev–Trinajstić information content (AvgIpc) is 1.81. The lowest BCUT2D eigenvalue weighted by atomic mass is 9.36. The number of hydrogen-bond donors (Lipinski definition) is 0. The molecular formula is C79H84BN3OS. The number of rotatable bonds is 5. The van der Waals surface area contributed by atoms with Crippen molar-refractivity contribution >= 4 is 117 Å². The quantitative estimate of drug-likeness (QED) is 0.160. The highest BCUT2D eigenvalue weighted by atomic mass is 32.1. The predicted octanol–water partition coefficient (Wildman–Crippen LogP) is 21.0. The van der Waals surface area contributed by atoms with Gasteiger partial charge in [0.2, 0.25) is 0 Å². The Hall–Kier alpha value is -7.02. The lowest BCUT2D eigenvalue weighted by Crippen LogP contribution is -2.60. The fourth-order valence-electron chi connectivity index (χ4n) is 16.2. The molecule has 0 N–H and O–H groups in total. The standard InChI is InChI=1S/C79H84BN3OS/c1-47-38-57-60(78(13,14)36-34-75(57,7)8)45-64(47)83-63-31-26-48(73(2,3)4)39-62(63)80-70-65(41-52(42-66(70)83)81(49-22-18-17-19-23-49)51-27-29-54-53-24-20-21-25-67(53)84-68(54)43-51)82(50-28-30-56-58(40-50)76(9,10)33-32-74(56,5)6)71-55-44-59-61(46-69(55)85-72(71)80)79(15,16)37-35-77(59,11)12/h17-31,38-46H,32-37H2,1-16H3. The predicted molar refractivity (Wildman–Crippen MR) is 367 cm³/mol. The number of para-hydroxylation sites is 2. The van der Waals surface area contributed by atoms with Crippen molar-refractivity contribution in [3.8, 4) is 0 Å². The second-order valence-corrected chi connectivity index (χ2v) is 32.5. The Bertz CT molecular complexity index is 4460. The highest BCUT2D eigenvalue weighted by Gasteiger charge is 2.49. The van der Waals surface area contributed by atoms with E-state index in [2.05, 4.69) is 282 Å². The normalized spacial score (nSPS) is 19.0. The Balaban J connectivity index is 1.11. The van der Waals surface area contributed by atoms with E-state index in [0.29, 0.717) is 0 Å². The van der Waals surface area contributed by atoms with Crippen LogP contribution in [0.2, 0.25) is 0 Å². The van der Waals surface area contributed by atoms with Gasteiger partial charge in [0.15, 0.2) is 0 Å². The second kappa shape index (κ2) is 18.0. The van der Waals surface area contributed by atoms with Crippen LogP contribution in [0.15, 0.2) is 150 Å². The maximum atomic E-state index is 6.76. The summed E-state index contributed by atoms with van der Waals surface area (Å²) in [5, 5.41) is 3.62. The smallest absolute Gasteiger partial charge is 0.264 e. The first kappa shape index (κ1) is 54.6. The minimum Gasteiger partial charge on any atom is -0.456 e. The van der Waals surface area contributed by atoms with Gasteiger partial charge in [-0.05, 0) is 218 Å². The zero-order valence-electron chi connectivity index (χ0n) is 53.3. The maximum Gasteiger partial charge on any atom is 0.264 e. The third-order valence-corrected chi connectivity index (χ3v) is 23.1. The van der Waals surface area contributed by atoms with Crippen LogP contribution in [0.25, 0.3) is 32.0 Å². The van der Waals surface area contributed by atoms with Gasteiger partial charge in [0, 0.05) is 71.5 Å². The highest BCUT2D eigenvalue weighted by molar-refractivity contribution is 7.33. The van der Waals surface area contributed by atoms with E-state index in [1.807, 2.05) is 0 Å². The molecule has 4 heterocycles. The van der Waals surface area contributed by atoms with Gasteiger partial charge in [-0.2, -0.15) is 0 Å². The zero-order chi connectivity index (χ0) is 59.4. The van der Waals surface area contributed by atoms with E-state index >= 15 is 0 Å². The minimum absolute atomic E-state index is 0.000490. The van der Waals surface area contributed by atoms with Crippen LogP contribution in [0.1, 0.15) is 187 Å². The number of anilines is 9. The summed E-state index contributed by atoms with van der Waals surface area (Å²) in [4.78, 5) is 7.99. The Morgan fingerprint density at radius 2 is 1.01 bits per heavy atom. The molecule has 430 valence electrons. The summed E-state index contributed by atoms with van der Waals surface area (Å²) < 4.78 is 9.57. The van der Waals surface area contributed by atoms with E-state index < -0.39 is 0 Å². The van der Waals surface area contributed by atoms with E-state index in [-0.39, 0.29) is 44.6 Å². The largest absolute Gasteiger partial charge is 0.456 e. The monoisotopic (exact) mass is 1130 g/mol. The van der Waals surface area contributed by atoms with Crippen molar-refractivity contribution in [2.24, 2.45) is 0 Å². The van der Waals surface area contributed by atoms with Crippen molar-refractivity contribution in [3.05, 3.63) is 190 Å². The second-order valence-electron chi connectivity index (χ2n) is 31.4. The summed E-state index contributed by atoms with van der Waals surface area (Å²) in [5.41, 5.74) is 27.0. The molecule has 0 spiro atoms. The Kier molecular flexibility index (Phi) is 11.6. The molecule has 85 heavy (non-hydrogen) atoms. The molecule has 5 aliphatic rings. The fraction of sp³-hybridized carbons (Fsp3) is 0.367. The van der Waals surface area contributed by atoms with Crippen LogP contribution in [0.5, 0.6) is 0 Å². The zero-order valence-corrected chi connectivity index (χ0v) is 54.2. The number of thiophene rings is 1. The molecule has 0 saturated heterocycles. The van der Waals surface area contributed by atoms with Crippen LogP contribution >= 0.6 is 11.3 Å². The van der Waals surface area contributed by atoms with Gasteiger partial charge >= 0.3 is 0 Å². The fourth-order valence-corrected chi connectivity index (χ4v) is 17.5. The van der Waals surface area contributed by atoms with Crippen molar-refractivity contribution in [1.29, 1.82) is 0 Å². The van der Waals surface area contributed by atoms with Crippen molar-refractivity contribution < 1.29 is 4.42 Å². The number of furan rings is 1. The Morgan fingerprint density at radius 1 is 0.447 bits per heavy atom. The van der Waals surface area contributed by atoms with E-state index in [1.165, 1.54) is 124 Å². The lowest BCUT2D eigenvalue weighted by molar-refractivity contribution is 0.332. The molecule has 0 bridgehead atoms. The average molecular weight is 1130 g/mol.